The molecule has 0 bridgehead atoms. The van der Waals surface area contributed by atoms with Crippen LogP contribution >= 0.6 is 11.6 Å². The number of carboxylic acid groups (broad SMARTS) is 1. The highest BCUT2D eigenvalue weighted by Gasteiger charge is 2.44. The van der Waals surface area contributed by atoms with Gasteiger partial charge in [-0.25, -0.2) is 9.18 Å². The Morgan fingerprint density at radius 1 is 1.40 bits per heavy atom. The molecule has 0 radical (unpaired) electrons. The van der Waals surface area contributed by atoms with Gasteiger partial charge in [-0.05, 0) is 38.5 Å². The van der Waals surface area contributed by atoms with Crippen molar-refractivity contribution in [1.29, 1.82) is 0 Å². The molecule has 0 saturated heterocycles. The average Bonchev–Trinajstić information content (AvgIpc) is 2.31. The van der Waals surface area contributed by atoms with Crippen LogP contribution in [0.4, 0.5) is 4.39 Å². The molecule has 0 aliphatic rings. The standard InChI is InChI=1S/C14H17ClFNO3/c1-8(2)17(9(3)18)14(4,13(19)20)10-5-6-12(16)11(15)7-10/h5-8H,1-4H3,(H,19,20). The Labute approximate surface area is 122 Å². The maximum absolute atomic E-state index is 13.2. The van der Waals surface area contributed by atoms with Crippen LogP contribution in [0.25, 0.3) is 0 Å². The van der Waals surface area contributed by atoms with E-state index >= 15 is 0 Å². The second kappa shape index (κ2) is 5.79. The van der Waals surface area contributed by atoms with Gasteiger partial charge in [-0.3, -0.25) is 4.79 Å². The molecule has 4 nitrogen and oxygen atoms in total. The van der Waals surface area contributed by atoms with Gasteiger partial charge in [0.25, 0.3) is 0 Å². The molecular formula is C14H17ClFNO3. The van der Waals surface area contributed by atoms with Gasteiger partial charge in [0.05, 0.1) is 5.02 Å². The van der Waals surface area contributed by atoms with Crippen molar-refractivity contribution in [3.63, 3.8) is 0 Å². The normalized spacial score (nSPS) is 13.9. The zero-order chi connectivity index (χ0) is 15.7. The lowest BCUT2D eigenvalue weighted by Crippen LogP contribution is -2.55. The fourth-order valence-electron chi connectivity index (χ4n) is 2.36. The molecule has 20 heavy (non-hydrogen) atoms. The predicted molar refractivity (Wildman–Crippen MR) is 74.1 cm³/mol. The van der Waals surface area contributed by atoms with E-state index in [1.807, 2.05) is 0 Å². The maximum atomic E-state index is 13.2. The van der Waals surface area contributed by atoms with Gasteiger partial charge in [0.1, 0.15) is 5.82 Å². The van der Waals surface area contributed by atoms with Gasteiger partial charge in [-0.2, -0.15) is 0 Å². The van der Waals surface area contributed by atoms with E-state index in [0.717, 1.165) is 6.07 Å². The summed E-state index contributed by atoms with van der Waals surface area (Å²) in [6, 6.07) is 3.33. The lowest BCUT2D eigenvalue weighted by Gasteiger charge is -2.40. The summed E-state index contributed by atoms with van der Waals surface area (Å²) in [5.41, 5.74) is -1.36. The zero-order valence-corrected chi connectivity index (χ0v) is 12.5. The number of carbonyl (C=O) groups is 2. The van der Waals surface area contributed by atoms with Gasteiger partial charge in [0.2, 0.25) is 5.91 Å². The summed E-state index contributed by atoms with van der Waals surface area (Å²) in [4.78, 5) is 24.8. The molecule has 1 N–H and O–H groups in total. The van der Waals surface area contributed by atoms with Crippen LogP contribution in [-0.2, 0) is 15.1 Å². The zero-order valence-electron chi connectivity index (χ0n) is 11.8. The van der Waals surface area contributed by atoms with E-state index in [4.69, 9.17) is 11.6 Å². The van der Waals surface area contributed by atoms with Gasteiger partial charge in [0, 0.05) is 13.0 Å². The van der Waals surface area contributed by atoms with Crippen LogP contribution in [0.2, 0.25) is 5.02 Å². The third-order valence-corrected chi connectivity index (χ3v) is 3.53. The van der Waals surface area contributed by atoms with Crippen molar-refractivity contribution in [3.8, 4) is 0 Å². The van der Waals surface area contributed by atoms with Crippen molar-refractivity contribution in [2.45, 2.75) is 39.3 Å². The topological polar surface area (TPSA) is 57.6 Å². The summed E-state index contributed by atoms with van der Waals surface area (Å²) in [5.74, 6) is -2.23. The number of hydrogen-bond acceptors (Lipinski definition) is 2. The molecule has 110 valence electrons. The fourth-order valence-corrected chi connectivity index (χ4v) is 2.54. The van der Waals surface area contributed by atoms with E-state index in [2.05, 4.69) is 0 Å². The van der Waals surface area contributed by atoms with E-state index in [-0.39, 0.29) is 22.5 Å². The van der Waals surface area contributed by atoms with Crippen molar-refractivity contribution < 1.29 is 19.1 Å². The Kier molecular flexibility index (Phi) is 4.76. The summed E-state index contributed by atoms with van der Waals surface area (Å²) in [5, 5.41) is 9.41. The van der Waals surface area contributed by atoms with Crippen LogP contribution in [0.5, 0.6) is 0 Å². The van der Waals surface area contributed by atoms with Crippen molar-refractivity contribution in [2.75, 3.05) is 0 Å². The predicted octanol–water partition coefficient (Wildman–Crippen LogP) is 3.04. The lowest BCUT2D eigenvalue weighted by atomic mass is 9.88. The molecule has 1 aromatic rings. The summed E-state index contributed by atoms with van der Waals surface area (Å²) < 4.78 is 13.2. The van der Waals surface area contributed by atoms with Gasteiger partial charge >= 0.3 is 5.97 Å². The van der Waals surface area contributed by atoms with Crippen LogP contribution < -0.4 is 0 Å². The van der Waals surface area contributed by atoms with Crippen LogP contribution in [0, 0.1) is 5.82 Å². The van der Waals surface area contributed by atoms with Crippen LogP contribution in [-0.4, -0.2) is 27.9 Å². The number of halogens is 2. The summed E-state index contributed by atoms with van der Waals surface area (Å²) >= 11 is 5.72. The molecule has 0 aliphatic heterocycles. The molecule has 1 unspecified atom stereocenters. The first-order valence-corrected chi connectivity index (χ1v) is 6.49. The van der Waals surface area contributed by atoms with Gasteiger partial charge in [-0.1, -0.05) is 17.7 Å². The van der Waals surface area contributed by atoms with Gasteiger partial charge in [-0.15, -0.1) is 0 Å². The minimum Gasteiger partial charge on any atom is -0.479 e. The Balaban J connectivity index is 3.51. The Bertz CT molecular complexity index is 547. The molecule has 0 spiro atoms. The van der Waals surface area contributed by atoms with E-state index in [9.17, 15) is 19.1 Å². The van der Waals surface area contributed by atoms with Crippen LogP contribution in [0.15, 0.2) is 18.2 Å². The first-order valence-electron chi connectivity index (χ1n) is 6.11. The number of carbonyl (C=O) groups excluding carboxylic acids is 1. The summed E-state index contributed by atoms with van der Waals surface area (Å²) in [6.45, 7) is 6.13. The number of nitrogens with zero attached hydrogens (tertiary/aromatic N) is 1. The molecule has 1 rings (SSSR count). The molecule has 0 fully saturated rings. The van der Waals surface area contributed by atoms with E-state index < -0.39 is 17.3 Å². The average molecular weight is 302 g/mol. The summed E-state index contributed by atoms with van der Waals surface area (Å²) in [6.07, 6.45) is 0. The monoisotopic (exact) mass is 301 g/mol. The number of hydrogen-bond donors (Lipinski definition) is 1. The minimum absolute atomic E-state index is 0.178. The highest BCUT2D eigenvalue weighted by atomic mass is 35.5. The SMILES string of the molecule is CC(=O)N(C(C)C)C(C)(C(=O)O)c1ccc(F)c(Cl)c1. The Hall–Kier alpha value is -1.62. The Morgan fingerprint density at radius 3 is 2.30 bits per heavy atom. The Morgan fingerprint density at radius 2 is 1.95 bits per heavy atom. The fraction of sp³-hybridized carbons (Fsp3) is 0.429. The van der Waals surface area contributed by atoms with E-state index in [1.54, 1.807) is 13.8 Å². The van der Waals surface area contributed by atoms with E-state index in [0.29, 0.717) is 0 Å². The molecule has 1 aromatic carbocycles. The molecule has 0 saturated carbocycles. The van der Waals surface area contributed by atoms with Crippen LogP contribution in [0.3, 0.4) is 0 Å². The third-order valence-electron chi connectivity index (χ3n) is 3.24. The molecule has 6 heteroatoms. The highest BCUT2D eigenvalue weighted by Crippen LogP contribution is 2.33. The number of amides is 1. The molecule has 0 heterocycles. The number of aliphatic carboxylic acids is 1. The van der Waals surface area contributed by atoms with E-state index in [1.165, 1.54) is 30.9 Å². The molecular weight excluding hydrogens is 285 g/mol. The smallest absolute Gasteiger partial charge is 0.334 e. The van der Waals surface area contributed by atoms with Crippen molar-refractivity contribution in [1.82, 2.24) is 4.90 Å². The summed E-state index contributed by atoms with van der Waals surface area (Å²) in [7, 11) is 0. The molecule has 1 amide bonds. The van der Waals surface area contributed by atoms with Crippen molar-refractivity contribution >= 4 is 23.5 Å². The third kappa shape index (κ3) is 2.77. The maximum Gasteiger partial charge on any atom is 0.334 e. The molecule has 0 aromatic heterocycles. The number of benzene rings is 1. The lowest BCUT2D eigenvalue weighted by molar-refractivity contribution is -0.160. The quantitative estimate of drug-likeness (QED) is 0.930. The molecule has 0 aliphatic carbocycles. The first-order chi connectivity index (χ1) is 9.12. The second-order valence-electron chi connectivity index (χ2n) is 4.99. The van der Waals surface area contributed by atoms with Gasteiger partial charge < -0.3 is 10.0 Å². The molecule has 1 atom stereocenters. The number of rotatable bonds is 4. The van der Waals surface area contributed by atoms with Crippen LogP contribution in [0.1, 0.15) is 33.3 Å². The van der Waals surface area contributed by atoms with Gasteiger partial charge in [0.15, 0.2) is 5.54 Å². The first kappa shape index (κ1) is 16.4. The largest absolute Gasteiger partial charge is 0.479 e. The van der Waals surface area contributed by atoms with Crippen molar-refractivity contribution in [2.24, 2.45) is 0 Å². The van der Waals surface area contributed by atoms with Crippen molar-refractivity contribution in [3.05, 3.63) is 34.6 Å². The second-order valence-corrected chi connectivity index (χ2v) is 5.40. The number of carboxylic acids is 1. The highest BCUT2D eigenvalue weighted by molar-refractivity contribution is 6.30. The minimum atomic E-state index is -1.61.